The summed E-state index contributed by atoms with van der Waals surface area (Å²) in [5, 5.41) is 9.23. The Labute approximate surface area is 178 Å². The van der Waals surface area contributed by atoms with Crippen molar-refractivity contribution < 1.29 is 4.79 Å². The molecule has 30 heavy (non-hydrogen) atoms. The second-order valence-electron chi connectivity index (χ2n) is 6.90. The van der Waals surface area contributed by atoms with Crippen LogP contribution in [0, 0.1) is 0 Å². The van der Waals surface area contributed by atoms with E-state index in [0.29, 0.717) is 23.4 Å². The van der Waals surface area contributed by atoms with Gasteiger partial charge in [-0.3, -0.25) is 14.6 Å². The SMILES string of the molecule is O=C(Cn1nc(Cc2cccnc2)c2ccccc2c1=O)NCc1cccc(Cl)c1. The van der Waals surface area contributed by atoms with Gasteiger partial charge in [0.25, 0.3) is 5.56 Å². The first-order valence-electron chi connectivity index (χ1n) is 9.49. The molecule has 0 aliphatic heterocycles. The zero-order chi connectivity index (χ0) is 20.9. The molecule has 7 heteroatoms. The van der Waals surface area contributed by atoms with E-state index in [2.05, 4.69) is 15.4 Å². The highest BCUT2D eigenvalue weighted by Gasteiger charge is 2.13. The molecule has 1 N–H and O–H groups in total. The van der Waals surface area contributed by atoms with Crippen LogP contribution in [0.2, 0.25) is 5.02 Å². The van der Waals surface area contributed by atoms with Crippen molar-refractivity contribution in [2.45, 2.75) is 19.5 Å². The third-order valence-corrected chi connectivity index (χ3v) is 4.95. The summed E-state index contributed by atoms with van der Waals surface area (Å²) in [5.41, 5.74) is 2.29. The summed E-state index contributed by atoms with van der Waals surface area (Å²) in [6.45, 7) is 0.161. The van der Waals surface area contributed by atoms with E-state index in [1.165, 1.54) is 4.68 Å². The van der Waals surface area contributed by atoms with Crippen molar-refractivity contribution in [3.05, 3.63) is 105 Å². The number of halogens is 1. The van der Waals surface area contributed by atoms with E-state index < -0.39 is 0 Å². The van der Waals surface area contributed by atoms with Crippen LogP contribution in [0.3, 0.4) is 0 Å². The average Bonchev–Trinajstić information content (AvgIpc) is 2.76. The first-order chi connectivity index (χ1) is 14.6. The lowest BCUT2D eigenvalue weighted by Crippen LogP contribution is -2.34. The molecular weight excluding hydrogens is 400 g/mol. The van der Waals surface area contributed by atoms with E-state index in [1.807, 2.05) is 36.4 Å². The maximum atomic E-state index is 12.9. The number of carbonyl (C=O) groups excluding carboxylic acids is 1. The maximum Gasteiger partial charge on any atom is 0.275 e. The fraction of sp³-hybridized carbons (Fsp3) is 0.130. The molecule has 0 bridgehead atoms. The number of nitrogens with one attached hydrogen (secondary N) is 1. The zero-order valence-electron chi connectivity index (χ0n) is 16.1. The summed E-state index contributed by atoms with van der Waals surface area (Å²) in [6.07, 6.45) is 3.99. The van der Waals surface area contributed by atoms with Gasteiger partial charge in [0.1, 0.15) is 6.54 Å². The first kappa shape index (κ1) is 19.8. The lowest BCUT2D eigenvalue weighted by Gasteiger charge is -2.11. The molecule has 1 amide bonds. The molecule has 0 spiro atoms. The highest BCUT2D eigenvalue weighted by molar-refractivity contribution is 6.30. The number of amides is 1. The Bertz CT molecular complexity index is 1260. The van der Waals surface area contributed by atoms with Gasteiger partial charge >= 0.3 is 0 Å². The topological polar surface area (TPSA) is 76.9 Å². The third kappa shape index (κ3) is 4.55. The van der Waals surface area contributed by atoms with Crippen molar-refractivity contribution in [1.82, 2.24) is 20.1 Å². The highest BCUT2D eigenvalue weighted by atomic mass is 35.5. The Morgan fingerprint density at radius 3 is 2.57 bits per heavy atom. The standard InChI is InChI=1S/C23H19ClN4O2/c24-18-7-3-5-16(11-18)14-26-22(29)15-28-23(30)20-9-2-1-8-19(20)21(27-28)12-17-6-4-10-25-13-17/h1-11,13H,12,14-15H2,(H,26,29). The monoisotopic (exact) mass is 418 g/mol. The van der Waals surface area contributed by atoms with Crippen molar-refractivity contribution in [2.75, 3.05) is 0 Å². The molecule has 2 heterocycles. The minimum absolute atomic E-state index is 0.162. The quantitative estimate of drug-likeness (QED) is 0.521. The number of pyridine rings is 1. The normalized spacial score (nSPS) is 10.8. The number of hydrogen-bond donors (Lipinski definition) is 1. The molecular formula is C23H19ClN4O2. The van der Waals surface area contributed by atoms with Crippen LogP contribution in [-0.2, 0) is 24.3 Å². The Balaban J connectivity index is 1.59. The second kappa shape index (κ2) is 8.88. The highest BCUT2D eigenvalue weighted by Crippen LogP contribution is 2.16. The predicted octanol–water partition coefficient (Wildman–Crippen LogP) is 3.35. The Morgan fingerprint density at radius 2 is 1.80 bits per heavy atom. The molecule has 4 rings (SSSR count). The molecule has 6 nitrogen and oxygen atoms in total. The Morgan fingerprint density at radius 1 is 1.00 bits per heavy atom. The van der Waals surface area contributed by atoms with E-state index in [4.69, 9.17) is 11.6 Å². The van der Waals surface area contributed by atoms with Gasteiger partial charge in [0, 0.05) is 35.8 Å². The summed E-state index contributed by atoms with van der Waals surface area (Å²) in [6, 6.07) is 18.4. The molecule has 0 saturated carbocycles. The van der Waals surface area contributed by atoms with Gasteiger partial charge in [-0.1, -0.05) is 48.0 Å². The van der Waals surface area contributed by atoms with Crippen molar-refractivity contribution >= 4 is 28.3 Å². The number of rotatable bonds is 6. The van der Waals surface area contributed by atoms with Crippen LogP contribution in [-0.4, -0.2) is 20.7 Å². The zero-order valence-corrected chi connectivity index (χ0v) is 16.8. The van der Waals surface area contributed by atoms with Gasteiger partial charge in [-0.2, -0.15) is 5.10 Å². The predicted molar refractivity (Wildman–Crippen MR) is 116 cm³/mol. The van der Waals surface area contributed by atoms with Gasteiger partial charge in [-0.05, 0) is 35.4 Å². The Hall–Kier alpha value is -3.51. The van der Waals surface area contributed by atoms with Crippen molar-refractivity contribution in [3.8, 4) is 0 Å². The molecule has 0 unspecified atom stereocenters. The van der Waals surface area contributed by atoms with E-state index in [1.54, 1.807) is 36.7 Å². The van der Waals surface area contributed by atoms with E-state index in [9.17, 15) is 9.59 Å². The molecule has 150 valence electrons. The number of hydrogen-bond acceptors (Lipinski definition) is 4. The summed E-state index contributed by atoms with van der Waals surface area (Å²) >= 11 is 5.98. The van der Waals surface area contributed by atoms with Crippen LogP contribution >= 0.6 is 11.6 Å². The third-order valence-electron chi connectivity index (χ3n) is 4.71. The average molecular weight is 419 g/mol. The number of aromatic nitrogens is 3. The minimum Gasteiger partial charge on any atom is -0.350 e. The number of carbonyl (C=O) groups is 1. The van der Waals surface area contributed by atoms with E-state index in [0.717, 1.165) is 22.2 Å². The molecule has 4 aromatic rings. The van der Waals surface area contributed by atoms with Crippen LogP contribution in [0.25, 0.3) is 10.8 Å². The largest absolute Gasteiger partial charge is 0.350 e. The molecule has 0 aliphatic carbocycles. The summed E-state index contributed by atoms with van der Waals surface area (Å²) in [4.78, 5) is 29.5. The summed E-state index contributed by atoms with van der Waals surface area (Å²) in [5.74, 6) is -0.299. The molecule has 0 atom stereocenters. The van der Waals surface area contributed by atoms with Crippen LogP contribution in [0.15, 0.2) is 77.9 Å². The van der Waals surface area contributed by atoms with Crippen molar-refractivity contribution in [3.63, 3.8) is 0 Å². The van der Waals surface area contributed by atoms with Crippen LogP contribution in [0.1, 0.15) is 16.8 Å². The Kier molecular flexibility index (Phi) is 5.86. The van der Waals surface area contributed by atoms with Crippen LogP contribution in [0.4, 0.5) is 0 Å². The fourth-order valence-electron chi connectivity index (χ4n) is 3.28. The van der Waals surface area contributed by atoms with Crippen molar-refractivity contribution in [2.24, 2.45) is 0 Å². The summed E-state index contributed by atoms with van der Waals surface area (Å²) < 4.78 is 1.22. The molecule has 0 aliphatic rings. The molecule has 2 aromatic carbocycles. The molecule has 0 radical (unpaired) electrons. The number of benzene rings is 2. The first-order valence-corrected chi connectivity index (χ1v) is 9.87. The second-order valence-corrected chi connectivity index (χ2v) is 7.34. The van der Waals surface area contributed by atoms with Crippen LogP contribution in [0.5, 0.6) is 0 Å². The van der Waals surface area contributed by atoms with E-state index >= 15 is 0 Å². The van der Waals surface area contributed by atoms with Gasteiger partial charge in [0.2, 0.25) is 5.91 Å². The van der Waals surface area contributed by atoms with E-state index in [-0.39, 0.29) is 18.0 Å². The lowest BCUT2D eigenvalue weighted by molar-refractivity contribution is -0.122. The number of fused-ring (bicyclic) bond motifs is 1. The molecule has 0 saturated heterocycles. The van der Waals surface area contributed by atoms with Gasteiger partial charge in [-0.15, -0.1) is 0 Å². The molecule has 2 aromatic heterocycles. The minimum atomic E-state index is -0.299. The van der Waals surface area contributed by atoms with Gasteiger partial charge in [-0.25, -0.2) is 4.68 Å². The van der Waals surface area contributed by atoms with Gasteiger partial charge in [0.05, 0.1) is 11.1 Å². The molecule has 0 fully saturated rings. The maximum absolute atomic E-state index is 12.9. The number of nitrogens with zero attached hydrogens (tertiary/aromatic N) is 3. The van der Waals surface area contributed by atoms with Crippen LogP contribution < -0.4 is 10.9 Å². The van der Waals surface area contributed by atoms with Gasteiger partial charge < -0.3 is 5.32 Å². The van der Waals surface area contributed by atoms with Gasteiger partial charge in [0.15, 0.2) is 0 Å². The summed E-state index contributed by atoms with van der Waals surface area (Å²) in [7, 11) is 0. The lowest BCUT2D eigenvalue weighted by atomic mass is 10.1. The smallest absolute Gasteiger partial charge is 0.275 e. The fourth-order valence-corrected chi connectivity index (χ4v) is 3.49. The van der Waals surface area contributed by atoms with Crippen molar-refractivity contribution in [1.29, 1.82) is 0 Å².